The average molecular weight is 590 g/mol. The predicted molar refractivity (Wildman–Crippen MR) is 166 cm³/mol. The first-order valence-corrected chi connectivity index (χ1v) is 14.8. The first-order valence-electron chi connectivity index (χ1n) is 13.9. The fourth-order valence-electron chi connectivity index (χ4n) is 4.75. The van der Waals surface area contributed by atoms with E-state index in [2.05, 4.69) is 26.9 Å². The SMILES string of the molecule is C#CC(C)(c1ccc(OC)cc1)c1csc(NC(=O)NC(C)c2ccc(C3CNCCN3C(=O)OC(C)(C)C)cc2)n1. The standard InChI is InChI=1S/C32H39N5O4S/c1-8-32(6,24-13-15-25(40-7)16-14-24)27-20-42-29(35-27)36-28(38)34-21(2)22-9-11-23(12-10-22)26-19-33-17-18-37(26)30(39)41-31(3,4)5/h1,9-16,20-21,26,33H,17-19H2,2-7H3,(H2,34,35,36,38). The maximum atomic E-state index is 12.8. The number of nitrogens with one attached hydrogen (secondary N) is 3. The van der Waals surface area contributed by atoms with Gasteiger partial charge in [-0.15, -0.1) is 17.8 Å². The van der Waals surface area contributed by atoms with Gasteiger partial charge in [0.15, 0.2) is 5.13 Å². The van der Waals surface area contributed by atoms with Crippen LogP contribution in [0.2, 0.25) is 0 Å². The summed E-state index contributed by atoms with van der Waals surface area (Å²) in [4.78, 5) is 32.0. The fraction of sp³-hybridized carbons (Fsp3) is 0.406. The van der Waals surface area contributed by atoms with E-state index in [9.17, 15) is 9.59 Å². The Balaban J connectivity index is 1.38. The van der Waals surface area contributed by atoms with E-state index in [-0.39, 0.29) is 24.2 Å². The smallest absolute Gasteiger partial charge is 0.410 e. The summed E-state index contributed by atoms with van der Waals surface area (Å²) >= 11 is 1.32. The Morgan fingerprint density at radius 2 is 1.83 bits per heavy atom. The molecule has 3 atom stereocenters. The number of terminal acetylenes is 1. The molecule has 4 rings (SSSR count). The number of amides is 3. The molecule has 0 spiro atoms. The van der Waals surface area contributed by atoms with Gasteiger partial charge in [-0.2, -0.15) is 0 Å². The zero-order valence-electron chi connectivity index (χ0n) is 25.0. The molecule has 0 bridgehead atoms. The molecule has 42 heavy (non-hydrogen) atoms. The molecular formula is C32H39N5O4S. The third-order valence-electron chi connectivity index (χ3n) is 7.23. The number of methoxy groups -OCH3 is 1. The highest BCUT2D eigenvalue weighted by atomic mass is 32.1. The third-order valence-corrected chi connectivity index (χ3v) is 7.99. The molecule has 1 fully saturated rings. The van der Waals surface area contributed by atoms with Crippen molar-refractivity contribution in [3.05, 3.63) is 76.3 Å². The molecule has 3 N–H and O–H groups in total. The summed E-state index contributed by atoms with van der Waals surface area (Å²) < 4.78 is 10.9. The Morgan fingerprint density at radius 3 is 2.45 bits per heavy atom. The van der Waals surface area contributed by atoms with Crippen LogP contribution in [0.5, 0.6) is 5.75 Å². The van der Waals surface area contributed by atoms with Crippen LogP contribution in [0.4, 0.5) is 14.7 Å². The molecule has 10 heteroatoms. The number of anilines is 1. The van der Waals surface area contributed by atoms with Crippen LogP contribution in [-0.2, 0) is 10.2 Å². The highest BCUT2D eigenvalue weighted by molar-refractivity contribution is 7.14. The number of piperazine rings is 1. The van der Waals surface area contributed by atoms with Gasteiger partial charge < -0.3 is 20.1 Å². The van der Waals surface area contributed by atoms with Crippen LogP contribution >= 0.6 is 11.3 Å². The number of urea groups is 1. The van der Waals surface area contributed by atoms with Crippen molar-refractivity contribution in [3.63, 3.8) is 0 Å². The maximum absolute atomic E-state index is 12.8. The maximum Gasteiger partial charge on any atom is 0.410 e. The lowest BCUT2D eigenvalue weighted by atomic mass is 9.81. The van der Waals surface area contributed by atoms with Gasteiger partial charge >= 0.3 is 12.1 Å². The van der Waals surface area contributed by atoms with E-state index in [0.29, 0.717) is 30.5 Å². The lowest BCUT2D eigenvalue weighted by Crippen LogP contribution is -2.50. The van der Waals surface area contributed by atoms with Crippen LogP contribution in [0.1, 0.15) is 69.1 Å². The van der Waals surface area contributed by atoms with Gasteiger partial charge in [0, 0.05) is 25.0 Å². The minimum atomic E-state index is -0.763. The summed E-state index contributed by atoms with van der Waals surface area (Å²) in [6.45, 7) is 11.4. The van der Waals surface area contributed by atoms with Crippen LogP contribution < -0.4 is 20.7 Å². The summed E-state index contributed by atoms with van der Waals surface area (Å²) in [6, 6.07) is 14.7. The minimum absolute atomic E-state index is 0.139. The Labute approximate surface area is 252 Å². The van der Waals surface area contributed by atoms with Crippen molar-refractivity contribution in [2.75, 3.05) is 32.1 Å². The molecule has 0 radical (unpaired) electrons. The van der Waals surface area contributed by atoms with E-state index < -0.39 is 11.0 Å². The largest absolute Gasteiger partial charge is 0.497 e. The van der Waals surface area contributed by atoms with Gasteiger partial charge in [-0.25, -0.2) is 14.6 Å². The molecule has 1 saturated heterocycles. The van der Waals surface area contributed by atoms with Gasteiger partial charge in [-0.1, -0.05) is 42.3 Å². The van der Waals surface area contributed by atoms with Crippen LogP contribution in [-0.4, -0.2) is 54.4 Å². The predicted octanol–water partition coefficient (Wildman–Crippen LogP) is 5.86. The van der Waals surface area contributed by atoms with Crippen LogP contribution in [0, 0.1) is 12.3 Å². The van der Waals surface area contributed by atoms with E-state index in [1.54, 1.807) is 12.0 Å². The van der Waals surface area contributed by atoms with Gasteiger partial charge in [0.25, 0.3) is 0 Å². The van der Waals surface area contributed by atoms with Crippen LogP contribution in [0.3, 0.4) is 0 Å². The zero-order chi connectivity index (χ0) is 30.5. The topological polar surface area (TPSA) is 105 Å². The molecule has 222 valence electrons. The number of carbonyl (C=O) groups excluding carboxylic acids is 2. The number of hydrogen-bond donors (Lipinski definition) is 3. The van der Waals surface area contributed by atoms with Gasteiger partial charge in [-0.3, -0.25) is 10.2 Å². The molecular weight excluding hydrogens is 550 g/mol. The molecule has 0 aliphatic carbocycles. The summed E-state index contributed by atoms with van der Waals surface area (Å²) in [5, 5.41) is 11.5. The van der Waals surface area contributed by atoms with Gasteiger partial charge in [-0.05, 0) is 63.4 Å². The second kappa shape index (κ2) is 12.8. The number of carbonyl (C=O) groups is 2. The molecule has 3 unspecified atom stereocenters. The Kier molecular flexibility index (Phi) is 9.44. The Hall–Kier alpha value is -4.07. The van der Waals surface area contributed by atoms with Gasteiger partial charge in [0.2, 0.25) is 0 Å². The summed E-state index contributed by atoms with van der Waals surface area (Å²) in [7, 11) is 1.62. The molecule has 3 amide bonds. The first kappa shape index (κ1) is 30.9. The molecule has 3 aromatic rings. The molecule has 1 aromatic heterocycles. The molecule has 0 saturated carbocycles. The minimum Gasteiger partial charge on any atom is -0.497 e. The first-order chi connectivity index (χ1) is 19.9. The number of rotatable bonds is 7. The van der Waals surface area contributed by atoms with Crippen molar-refractivity contribution in [2.45, 2.75) is 57.7 Å². The molecule has 1 aliphatic heterocycles. The lowest BCUT2D eigenvalue weighted by Gasteiger charge is -2.37. The van der Waals surface area contributed by atoms with Gasteiger partial charge in [0.1, 0.15) is 11.4 Å². The summed E-state index contributed by atoms with van der Waals surface area (Å²) in [6.07, 6.45) is 5.62. The molecule has 2 heterocycles. The van der Waals surface area contributed by atoms with Gasteiger partial charge in [0.05, 0.1) is 30.3 Å². The number of benzene rings is 2. The Bertz CT molecular complexity index is 1420. The quantitative estimate of drug-likeness (QED) is 0.299. The van der Waals surface area contributed by atoms with Crippen molar-refractivity contribution in [1.82, 2.24) is 20.5 Å². The normalized spacial score (nSPS) is 17.4. The fourth-order valence-corrected chi connectivity index (χ4v) is 5.57. The van der Waals surface area contributed by atoms with Crippen LogP contribution in [0.25, 0.3) is 0 Å². The van der Waals surface area contributed by atoms with E-state index in [1.807, 2.05) is 88.5 Å². The van der Waals surface area contributed by atoms with Crippen molar-refractivity contribution in [1.29, 1.82) is 0 Å². The van der Waals surface area contributed by atoms with E-state index in [4.69, 9.17) is 15.9 Å². The number of ether oxygens (including phenoxy) is 2. The van der Waals surface area contributed by atoms with E-state index in [0.717, 1.165) is 22.4 Å². The van der Waals surface area contributed by atoms with Crippen molar-refractivity contribution in [3.8, 4) is 18.1 Å². The number of nitrogens with zero attached hydrogens (tertiary/aromatic N) is 2. The molecule has 9 nitrogen and oxygen atoms in total. The summed E-state index contributed by atoms with van der Waals surface area (Å²) in [5.74, 6) is 3.60. The Morgan fingerprint density at radius 1 is 1.14 bits per heavy atom. The van der Waals surface area contributed by atoms with Crippen molar-refractivity contribution in [2.24, 2.45) is 0 Å². The van der Waals surface area contributed by atoms with E-state index >= 15 is 0 Å². The number of thiazole rings is 1. The van der Waals surface area contributed by atoms with Crippen LogP contribution in [0.15, 0.2) is 53.9 Å². The average Bonchev–Trinajstić information content (AvgIpc) is 3.44. The number of hydrogen-bond acceptors (Lipinski definition) is 7. The number of aromatic nitrogens is 1. The lowest BCUT2D eigenvalue weighted by molar-refractivity contribution is 0.0118. The highest BCUT2D eigenvalue weighted by Gasteiger charge is 2.32. The van der Waals surface area contributed by atoms with Crippen molar-refractivity contribution < 1.29 is 19.1 Å². The highest BCUT2D eigenvalue weighted by Crippen LogP contribution is 2.34. The van der Waals surface area contributed by atoms with Crippen molar-refractivity contribution >= 4 is 28.6 Å². The zero-order valence-corrected chi connectivity index (χ0v) is 25.8. The molecule has 2 aromatic carbocycles. The second-order valence-corrected chi connectivity index (χ2v) is 12.3. The third kappa shape index (κ3) is 7.22. The van der Waals surface area contributed by atoms with E-state index in [1.165, 1.54) is 11.3 Å². The second-order valence-electron chi connectivity index (χ2n) is 11.4. The molecule has 1 aliphatic rings. The monoisotopic (exact) mass is 589 g/mol. The summed E-state index contributed by atoms with van der Waals surface area (Å²) in [5.41, 5.74) is 2.19.